The summed E-state index contributed by atoms with van der Waals surface area (Å²) in [5.74, 6) is -1.17. The molecule has 2 amide bonds. The quantitative estimate of drug-likeness (QED) is 0.489. The Morgan fingerprint density at radius 3 is 2.35 bits per heavy atom. The molecule has 6 nitrogen and oxygen atoms in total. The normalized spacial score (nSPS) is 16.2. The molecule has 2 heterocycles. The molecular weight excluding hydrogens is 412 g/mol. The van der Waals surface area contributed by atoms with Crippen molar-refractivity contribution >= 4 is 50.7 Å². The molecule has 1 unspecified atom stereocenters. The summed E-state index contributed by atoms with van der Waals surface area (Å²) >= 11 is 1.04. The molecule has 0 aliphatic carbocycles. The zero-order valence-corrected chi connectivity index (χ0v) is 17.2. The summed E-state index contributed by atoms with van der Waals surface area (Å²) < 4.78 is 2.21. The molecule has 31 heavy (non-hydrogen) atoms. The van der Waals surface area contributed by atoms with Crippen molar-refractivity contribution in [3.05, 3.63) is 83.4 Å². The lowest BCUT2D eigenvalue weighted by atomic mass is 10.1. The van der Waals surface area contributed by atoms with Gasteiger partial charge in [0.05, 0.1) is 10.8 Å². The Morgan fingerprint density at radius 1 is 0.935 bits per heavy atom. The van der Waals surface area contributed by atoms with Crippen LogP contribution in [-0.2, 0) is 17.8 Å². The number of nitrogens with one attached hydrogen (secondary N) is 1. The number of imide groups is 1. The van der Waals surface area contributed by atoms with Crippen molar-refractivity contribution in [2.75, 3.05) is 0 Å². The third kappa shape index (κ3) is 3.57. The van der Waals surface area contributed by atoms with Gasteiger partial charge in [0.25, 0.3) is 5.24 Å². The van der Waals surface area contributed by atoms with Gasteiger partial charge in [-0.15, -0.1) is 0 Å². The summed E-state index contributed by atoms with van der Waals surface area (Å²) in [5, 5.41) is 13.0. The Morgan fingerprint density at radius 2 is 1.65 bits per heavy atom. The average molecular weight is 430 g/mol. The number of nitrogens with zero attached hydrogens (tertiary/aromatic N) is 1. The van der Waals surface area contributed by atoms with Crippen LogP contribution in [0.25, 0.3) is 21.8 Å². The largest absolute Gasteiger partial charge is 0.478 e. The minimum atomic E-state index is -0.938. The number of hydrogen-bond acceptors (Lipinski definition) is 4. The maximum absolute atomic E-state index is 11.9. The van der Waals surface area contributed by atoms with E-state index in [0.29, 0.717) is 13.0 Å². The van der Waals surface area contributed by atoms with Crippen LogP contribution in [0.1, 0.15) is 21.5 Å². The molecule has 1 atom stereocenters. The number of thioether (sulfide) groups is 1. The van der Waals surface area contributed by atoms with Gasteiger partial charge in [-0.3, -0.25) is 14.9 Å². The Hall–Kier alpha value is -3.58. The average Bonchev–Trinajstić information content (AvgIpc) is 3.24. The molecule has 2 N–H and O–H groups in total. The minimum absolute atomic E-state index is 0.234. The number of carboxylic acids is 1. The highest BCUT2D eigenvalue weighted by Crippen LogP contribution is 2.32. The summed E-state index contributed by atoms with van der Waals surface area (Å²) in [4.78, 5) is 34.5. The van der Waals surface area contributed by atoms with Crippen LogP contribution in [0.5, 0.6) is 0 Å². The summed E-state index contributed by atoms with van der Waals surface area (Å²) in [6, 6.07) is 21.2. The van der Waals surface area contributed by atoms with Gasteiger partial charge in [-0.05, 0) is 47.9 Å². The van der Waals surface area contributed by atoms with Crippen molar-refractivity contribution in [1.29, 1.82) is 0 Å². The third-order valence-electron chi connectivity index (χ3n) is 5.57. The van der Waals surface area contributed by atoms with Gasteiger partial charge in [0.1, 0.15) is 0 Å². The predicted octanol–water partition coefficient (Wildman–Crippen LogP) is 4.44. The first kappa shape index (κ1) is 19.4. The van der Waals surface area contributed by atoms with Gasteiger partial charge in [0.2, 0.25) is 5.91 Å². The van der Waals surface area contributed by atoms with E-state index in [1.165, 1.54) is 0 Å². The van der Waals surface area contributed by atoms with E-state index in [2.05, 4.69) is 34.1 Å². The molecule has 1 aliphatic rings. The predicted molar refractivity (Wildman–Crippen MR) is 121 cm³/mol. The van der Waals surface area contributed by atoms with Crippen molar-refractivity contribution in [3.63, 3.8) is 0 Å². The van der Waals surface area contributed by atoms with Gasteiger partial charge in [0.15, 0.2) is 0 Å². The third-order valence-corrected chi connectivity index (χ3v) is 6.55. The van der Waals surface area contributed by atoms with Crippen LogP contribution in [0.15, 0.2) is 66.7 Å². The highest BCUT2D eigenvalue weighted by Gasteiger charge is 2.31. The summed E-state index contributed by atoms with van der Waals surface area (Å²) in [5.41, 5.74) is 4.42. The van der Waals surface area contributed by atoms with Crippen LogP contribution in [0, 0.1) is 0 Å². The van der Waals surface area contributed by atoms with Crippen molar-refractivity contribution in [2.24, 2.45) is 0 Å². The lowest BCUT2D eigenvalue weighted by Gasteiger charge is -2.09. The zero-order chi connectivity index (χ0) is 21.5. The fraction of sp³-hybridized carbons (Fsp3) is 0.125. The molecule has 0 radical (unpaired) electrons. The van der Waals surface area contributed by atoms with Crippen molar-refractivity contribution < 1.29 is 19.5 Å². The van der Waals surface area contributed by atoms with Crippen LogP contribution in [0.2, 0.25) is 0 Å². The maximum atomic E-state index is 11.9. The number of fused-ring (bicyclic) bond motifs is 3. The molecule has 0 bridgehead atoms. The van der Waals surface area contributed by atoms with Crippen molar-refractivity contribution in [1.82, 2.24) is 9.88 Å². The second kappa shape index (κ2) is 7.59. The summed E-state index contributed by atoms with van der Waals surface area (Å²) in [6.45, 7) is 0.610. The van der Waals surface area contributed by atoms with Gasteiger partial charge in [-0.25, -0.2) is 4.79 Å². The molecule has 1 aromatic heterocycles. The number of rotatable bonds is 5. The molecule has 5 rings (SSSR count). The van der Waals surface area contributed by atoms with Crippen LogP contribution in [0.3, 0.4) is 0 Å². The first-order valence-corrected chi connectivity index (χ1v) is 10.7. The summed E-state index contributed by atoms with van der Waals surface area (Å²) in [7, 11) is 0. The molecular formula is C24H18N2O4S. The maximum Gasteiger partial charge on any atom is 0.335 e. The van der Waals surface area contributed by atoms with E-state index in [4.69, 9.17) is 5.11 Å². The highest BCUT2D eigenvalue weighted by molar-refractivity contribution is 8.15. The Balaban J connectivity index is 1.54. The second-order valence-corrected chi connectivity index (χ2v) is 8.72. The highest BCUT2D eigenvalue weighted by atomic mass is 32.2. The fourth-order valence-electron chi connectivity index (χ4n) is 4.08. The van der Waals surface area contributed by atoms with Crippen LogP contribution < -0.4 is 5.32 Å². The van der Waals surface area contributed by atoms with Crippen LogP contribution in [-0.4, -0.2) is 32.0 Å². The van der Waals surface area contributed by atoms with Crippen molar-refractivity contribution in [3.8, 4) is 0 Å². The number of carboxylic acid groups (broad SMARTS) is 1. The summed E-state index contributed by atoms with van der Waals surface area (Å²) in [6.07, 6.45) is 0.494. The molecule has 1 fully saturated rings. The van der Waals surface area contributed by atoms with E-state index in [0.717, 1.165) is 44.7 Å². The van der Waals surface area contributed by atoms with Crippen molar-refractivity contribution in [2.45, 2.75) is 18.2 Å². The first-order valence-electron chi connectivity index (χ1n) is 9.83. The molecule has 4 aromatic rings. The van der Waals surface area contributed by atoms with Gasteiger partial charge in [-0.1, -0.05) is 48.2 Å². The number of para-hydroxylation sites is 1. The van der Waals surface area contributed by atoms with E-state index < -0.39 is 11.2 Å². The number of aromatic nitrogens is 1. The number of aromatic carboxylic acids is 1. The molecule has 154 valence electrons. The fourth-order valence-corrected chi connectivity index (χ4v) is 4.93. The molecule has 1 saturated heterocycles. The van der Waals surface area contributed by atoms with E-state index in [1.807, 2.05) is 30.3 Å². The van der Waals surface area contributed by atoms with E-state index in [-0.39, 0.29) is 16.7 Å². The second-order valence-electron chi connectivity index (χ2n) is 7.54. The smallest absolute Gasteiger partial charge is 0.335 e. The SMILES string of the molecule is O=C1NC(=O)C(Cc2ccc3c(c2)c2ccccc2n3Cc2ccc(C(=O)O)cc2)S1. The van der Waals surface area contributed by atoms with E-state index in [9.17, 15) is 14.4 Å². The van der Waals surface area contributed by atoms with Gasteiger partial charge >= 0.3 is 5.97 Å². The molecule has 7 heteroatoms. The molecule has 0 saturated carbocycles. The standard InChI is InChI=1S/C24H18N2O4S/c27-22-21(31-24(30)25-22)12-15-7-10-20-18(11-15)17-3-1-2-4-19(17)26(20)13-14-5-8-16(9-6-14)23(28)29/h1-11,21H,12-13H2,(H,28,29)(H,25,27,30). The Kier molecular flexibility index (Phi) is 4.75. The lowest BCUT2D eigenvalue weighted by Crippen LogP contribution is -2.25. The number of benzene rings is 3. The monoisotopic (exact) mass is 430 g/mol. The number of amides is 2. The number of hydrogen-bond donors (Lipinski definition) is 2. The van der Waals surface area contributed by atoms with E-state index in [1.54, 1.807) is 12.1 Å². The van der Waals surface area contributed by atoms with Gasteiger partial charge in [-0.2, -0.15) is 0 Å². The van der Waals surface area contributed by atoms with E-state index >= 15 is 0 Å². The van der Waals surface area contributed by atoms with Gasteiger partial charge in [0, 0.05) is 28.4 Å². The minimum Gasteiger partial charge on any atom is -0.478 e. The molecule has 3 aromatic carbocycles. The topological polar surface area (TPSA) is 88.4 Å². The number of carbonyl (C=O) groups is 3. The van der Waals surface area contributed by atoms with Crippen LogP contribution >= 0.6 is 11.8 Å². The lowest BCUT2D eigenvalue weighted by molar-refractivity contribution is -0.118. The van der Waals surface area contributed by atoms with Gasteiger partial charge < -0.3 is 9.67 Å². The molecule has 0 spiro atoms. The first-order chi connectivity index (χ1) is 15.0. The Bertz CT molecular complexity index is 1360. The number of carbonyl (C=O) groups excluding carboxylic acids is 2. The Labute approximate surface area is 181 Å². The van der Waals surface area contributed by atoms with Crippen LogP contribution in [0.4, 0.5) is 4.79 Å². The molecule has 1 aliphatic heterocycles. The zero-order valence-electron chi connectivity index (χ0n) is 16.4.